The van der Waals surface area contributed by atoms with Crippen LogP contribution in [0.4, 0.5) is 10.6 Å². The summed E-state index contributed by atoms with van der Waals surface area (Å²) >= 11 is 0. The first-order valence-corrected chi connectivity index (χ1v) is 10.6. The maximum Gasteiger partial charge on any atom is 0.320 e. The van der Waals surface area contributed by atoms with E-state index in [1.807, 2.05) is 28.9 Å². The molecule has 1 aromatic heterocycles. The van der Waals surface area contributed by atoms with E-state index in [0.29, 0.717) is 5.82 Å². The number of anilines is 1. The zero-order valence-corrected chi connectivity index (χ0v) is 18.2. The van der Waals surface area contributed by atoms with Crippen molar-refractivity contribution >= 4 is 11.8 Å². The first-order valence-electron chi connectivity index (χ1n) is 10.6. The lowest BCUT2D eigenvalue weighted by Gasteiger charge is -2.26. The average Bonchev–Trinajstić information content (AvgIpc) is 3.13. The molecule has 1 atom stereocenters. The van der Waals surface area contributed by atoms with Crippen LogP contribution in [0.15, 0.2) is 54.6 Å². The van der Waals surface area contributed by atoms with Crippen molar-refractivity contribution in [1.29, 1.82) is 0 Å². The predicted octanol–water partition coefficient (Wildman–Crippen LogP) is 5.68. The molecule has 1 heterocycles. The fourth-order valence-electron chi connectivity index (χ4n) is 3.93. The number of aromatic nitrogens is 2. The molecule has 156 valence electrons. The van der Waals surface area contributed by atoms with Gasteiger partial charge in [-0.1, -0.05) is 62.7 Å². The lowest BCUT2D eigenvalue weighted by molar-refractivity contribution is 0.247. The molecule has 5 heteroatoms. The van der Waals surface area contributed by atoms with E-state index in [9.17, 15) is 4.79 Å². The van der Waals surface area contributed by atoms with Crippen LogP contribution in [-0.4, -0.2) is 15.8 Å². The summed E-state index contributed by atoms with van der Waals surface area (Å²) in [6.07, 6.45) is 3.11. The maximum atomic E-state index is 12.9. The van der Waals surface area contributed by atoms with Gasteiger partial charge in [-0.15, -0.1) is 0 Å². The highest BCUT2D eigenvalue weighted by Gasteiger charge is 2.24. The van der Waals surface area contributed by atoms with E-state index in [2.05, 4.69) is 68.7 Å². The number of hydrogen-bond acceptors (Lipinski definition) is 2. The minimum atomic E-state index is -0.203. The summed E-state index contributed by atoms with van der Waals surface area (Å²) in [6.45, 7) is 8.43. The Morgan fingerprint density at radius 2 is 1.83 bits per heavy atom. The Balaban J connectivity index is 1.59. The summed E-state index contributed by atoms with van der Waals surface area (Å²) in [4.78, 5) is 12.9. The van der Waals surface area contributed by atoms with Gasteiger partial charge < -0.3 is 5.32 Å². The second-order valence-electron chi connectivity index (χ2n) is 9.15. The normalized spacial score (nSPS) is 16.1. The second kappa shape index (κ2) is 7.98. The van der Waals surface area contributed by atoms with E-state index < -0.39 is 0 Å². The van der Waals surface area contributed by atoms with E-state index >= 15 is 0 Å². The van der Waals surface area contributed by atoms with Crippen molar-refractivity contribution in [3.63, 3.8) is 0 Å². The van der Waals surface area contributed by atoms with Crippen molar-refractivity contribution in [2.45, 2.75) is 58.4 Å². The van der Waals surface area contributed by atoms with Crippen LogP contribution in [0.1, 0.15) is 62.0 Å². The third-order valence-corrected chi connectivity index (χ3v) is 5.67. The Morgan fingerprint density at radius 3 is 2.57 bits per heavy atom. The summed E-state index contributed by atoms with van der Waals surface area (Å²) < 4.78 is 1.81. The van der Waals surface area contributed by atoms with Crippen LogP contribution >= 0.6 is 0 Å². The number of urea groups is 1. The van der Waals surface area contributed by atoms with Crippen molar-refractivity contribution < 1.29 is 4.79 Å². The largest absolute Gasteiger partial charge is 0.331 e. The Hall–Kier alpha value is -3.08. The Bertz CT molecular complexity index is 1040. The summed E-state index contributed by atoms with van der Waals surface area (Å²) in [5.41, 5.74) is 5.47. The van der Waals surface area contributed by atoms with Gasteiger partial charge in [-0.05, 0) is 49.4 Å². The minimum Gasteiger partial charge on any atom is -0.331 e. The fourth-order valence-corrected chi connectivity index (χ4v) is 3.93. The highest BCUT2D eigenvalue weighted by molar-refractivity contribution is 5.89. The number of hydrogen-bond donors (Lipinski definition) is 2. The highest BCUT2D eigenvalue weighted by Crippen LogP contribution is 2.30. The number of nitrogens with zero attached hydrogens (tertiary/aromatic N) is 2. The lowest BCUT2D eigenvalue weighted by atomic mass is 9.88. The summed E-state index contributed by atoms with van der Waals surface area (Å²) in [5.74, 6) is 0.672. The third-order valence-electron chi connectivity index (χ3n) is 5.67. The Kier molecular flexibility index (Phi) is 5.37. The topological polar surface area (TPSA) is 59.0 Å². The zero-order valence-electron chi connectivity index (χ0n) is 18.2. The smallest absolute Gasteiger partial charge is 0.320 e. The van der Waals surface area contributed by atoms with Gasteiger partial charge in [0, 0.05) is 11.5 Å². The van der Waals surface area contributed by atoms with Gasteiger partial charge in [-0.2, -0.15) is 5.10 Å². The van der Waals surface area contributed by atoms with Crippen molar-refractivity contribution in [1.82, 2.24) is 15.1 Å². The first kappa shape index (κ1) is 20.2. The molecule has 0 aliphatic heterocycles. The molecule has 2 aromatic carbocycles. The Morgan fingerprint density at radius 1 is 1.10 bits per heavy atom. The van der Waals surface area contributed by atoms with Gasteiger partial charge in [-0.3, -0.25) is 5.32 Å². The average molecular weight is 403 g/mol. The monoisotopic (exact) mass is 402 g/mol. The molecule has 3 aromatic rings. The highest BCUT2D eigenvalue weighted by atomic mass is 16.2. The molecule has 1 aliphatic rings. The van der Waals surface area contributed by atoms with Gasteiger partial charge >= 0.3 is 6.03 Å². The lowest BCUT2D eigenvalue weighted by Crippen LogP contribution is -2.34. The van der Waals surface area contributed by atoms with Crippen LogP contribution in [-0.2, 0) is 11.8 Å². The number of fused-ring (bicyclic) bond motifs is 1. The van der Waals surface area contributed by atoms with Gasteiger partial charge in [0.15, 0.2) is 0 Å². The van der Waals surface area contributed by atoms with E-state index in [4.69, 9.17) is 5.10 Å². The van der Waals surface area contributed by atoms with Crippen LogP contribution < -0.4 is 10.6 Å². The van der Waals surface area contributed by atoms with Crippen LogP contribution in [0.3, 0.4) is 0 Å². The van der Waals surface area contributed by atoms with Crippen LogP contribution in [0.2, 0.25) is 0 Å². The van der Waals surface area contributed by atoms with Gasteiger partial charge in [0.25, 0.3) is 0 Å². The minimum absolute atomic E-state index is 0.0350. The van der Waals surface area contributed by atoms with E-state index in [-0.39, 0.29) is 17.5 Å². The van der Waals surface area contributed by atoms with Gasteiger partial charge in [-0.25, -0.2) is 9.48 Å². The van der Waals surface area contributed by atoms with Crippen LogP contribution in [0.25, 0.3) is 5.69 Å². The summed E-state index contributed by atoms with van der Waals surface area (Å²) in [5, 5.41) is 11.0. The van der Waals surface area contributed by atoms with E-state index in [1.165, 1.54) is 16.7 Å². The zero-order chi connectivity index (χ0) is 21.3. The number of amides is 2. The molecule has 30 heavy (non-hydrogen) atoms. The van der Waals surface area contributed by atoms with Crippen LogP contribution in [0, 0.1) is 6.92 Å². The van der Waals surface area contributed by atoms with E-state index in [1.54, 1.807) is 0 Å². The van der Waals surface area contributed by atoms with Crippen molar-refractivity contribution in [3.05, 3.63) is 77.0 Å². The molecule has 0 fully saturated rings. The molecule has 0 saturated heterocycles. The van der Waals surface area contributed by atoms with Gasteiger partial charge in [0.2, 0.25) is 0 Å². The molecular weight excluding hydrogens is 372 g/mol. The second-order valence-corrected chi connectivity index (χ2v) is 9.15. The van der Waals surface area contributed by atoms with Crippen molar-refractivity contribution in [2.24, 2.45) is 0 Å². The Labute approximate surface area is 178 Å². The first-order chi connectivity index (χ1) is 14.3. The quantitative estimate of drug-likeness (QED) is 0.592. The van der Waals surface area contributed by atoms with Gasteiger partial charge in [0.1, 0.15) is 5.82 Å². The molecule has 1 aliphatic carbocycles. The SMILES string of the molecule is Cc1ccc(-n2nc(C(C)(C)C)cc2NC(=O)NC2CCCc3ccccc32)cc1. The predicted molar refractivity (Wildman–Crippen MR) is 121 cm³/mol. The number of carbonyl (C=O) groups is 1. The maximum absolute atomic E-state index is 12.9. The molecule has 2 N–H and O–H groups in total. The molecular formula is C25H30N4O. The molecule has 0 bridgehead atoms. The van der Waals surface area contributed by atoms with Gasteiger partial charge in [0.05, 0.1) is 17.4 Å². The van der Waals surface area contributed by atoms with Crippen molar-refractivity contribution in [3.8, 4) is 5.69 Å². The third kappa shape index (κ3) is 4.25. The van der Waals surface area contributed by atoms with E-state index in [0.717, 1.165) is 30.6 Å². The standard InChI is InChI=1S/C25H30N4O/c1-17-12-14-19(15-13-17)29-23(16-22(28-29)25(2,3)4)27-24(30)26-21-11-7-9-18-8-5-6-10-20(18)21/h5-6,8,10,12-16,21H,7,9,11H2,1-4H3,(H2,26,27,30). The summed E-state index contributed by atoms with van der Waals surface area (Å²) in [6, 6.07) is 18.3. The number of rotatable bonds is 3. The fraction of sp³-hybridized carbons (Fsp3) is 0.360. The molecule has 1 unspecified atom stereocenters. The molecule has 4 rings (SSSR count). The molecule has 0 spiro atoms. The summed E-state index contributed by atoms with van der Waals surface area (Å²) in [7, 11) is 0. The van der Waals surface area contributed by atoms with Crippen LogP contribution in [0.5, 0.6) is 0 Å². The number of aryl methyl sites for hydroxylation is 2. The number of carbonyl (C=O) groups excluding carboxylic acids is 1. The molecule has 5 nitrogen and oxygen atoms in total. The number of benzene rings is 2. The number of nitrogens with one attached hydrogen (secondary N) is 2. The molecule has 0 saturated carbocycles. The van der Waals surface area contributed by atoms with Crippen molar-refractivity contribution in [2.75, 3.05) is 5.32 Å². The molecule has 0 radical (unpaired) electrons. The molecule has 2 amide bonds.